The number of thioether (sulfide) groups is 1. The van der Waals surface area contributed by atoms with Crippen LogP contribution in [-0.4, -0.2) is 39.0 Å². The monoisotopic (exact) mass is 510 g/mol. The fourth-order valence-electron chi connectivity index (χ4n) is 3.08. The molecule has 1 unspecified atom stereocenters. The minimum absolute atomic E-state index is 0.0199. The number of hydrogen-bond acceptors (Lipinski definition) is 8. The average molecular weight is 511 g/mol. The zero-order valence-electron chi connectivity index (χ0n) is 19.3. The normalized spacial score (nSPS) is 11.9. The quantitative estimate of drug-likeness (QED) is 0.326. The number of hydrogen-bond donors (Lipinski definition) is 1. The Labute approximate surface area is 203 Å². The van der Waals surface area contributed by atoms with Gasteiger partial charge in [-0.3, -0.25) is 4.79 Å². The van der Waals surface area contributed by atoms with E-state index in [2.05, 4.69) is 15.5 Å². The summed E-state index contributed by atoms with van der Waals surface area (Å²) in [6.45, 7) is 7.30. The lowest BCUT2D eigenvalue weighted by atomic mass is 10.1. The van der Waals surface area contributed by atoms with E-state index in [0.717, 1.165) is 34.3 Å². The molecule has 3 rings (SSSR count). The SMILES string of the molecule is CCOC(=O)c1c(NC(=O)CSc2nnc(C(C)Oc3ccc(F)cc3F)n2C)sc(C)c1C. The molecule has 34 heavy (non-hydrogen) atoms. The number of nitrogens with one attached hydrogen (secondary N) is 1. The molecule has 3 aromatic rings. The smallest absolute Gasteiger partial charge is 0.341 e. The molecule has 0 saturated heterocycles. The van der Waals surface area contributed by atoms with Crippen LogP contribution in [0.5, 0.6) is 5.75 Å². The molecule has 1 atom stereocenters. The minimum Gasteiger partial charge on any atom is -0.480 e. The summed E-state index contributed by atoms with van der Waals surface area (Å²) in [4.78, 5) is 25.8. The summed E-state index contributed by atoms with van der Waals surface area (Å²) < 4.78 is 39.3. The van der Waals surface area contributed by atoms with Crippen molar-refractivity contribution in [3.05, 3.63) is 51.7 Å². The van der Waals surface area contributed by atoms with Crippen LogP contribution in [0.25, 0.3) is 0 Å². The number of carbonyl (C=O) groups excluding carboxylic acids is 2. The summed E-state index contributed by atoms with van der Waals surface area (Å²) in [5.74, 6) is -2.00. The Kier molecular flexibility index (Phi) is 8.26. The molecule has 0 aliphatic carbocycles. The summed E-state index contributed by atoms with van der Waals surface area (Å²) in [6.07, 6.45) is -0.676. The van der Waals surface area contributed by atoms with Gasteiger partial charge in [0, 0.05) is 18.0 Å². The summed E-state index contributed by atoms with van der Waals surface area (Å²) in [6, 6.07) is 3.05. The van der Waals surface area contributed by atoms with Gasteiger partial charge in [0.2, 0.25) is 5.91 Å². The zero-order chi connectivity index (χ0) is 25.0. The molecule has 0 radical (unpaired) electrons. The minimum atomic E-state index is -0.818. The predicted molar refractivity (Wildman–Crippen MR) is 126 cm³/mol. The van der Waals surface area contributed by atoms with Gasteiger partial charge in [-0.15, -0.1) is 21.5 Å². The lowest BCUT2D eigenvalue weighted by molar-refractivity contribution is -0.113. The Balaban J connectivity index is 1.64. The number of thiophene rings is 1. The number of aromatic nitrogens is 3. The van der Waals surface area contributed by atoms with Crippen LogP contribution < -0.4 is 10.1 Å². The standard InChI is InChI=1S/C22H24F2N4O4S2/c1-6-31-21(30)18-11(2)13(4)34-20(18)25-17(29)10-33-22-27-26-19(28(22)5)12(3)32-16-8-7-14(23)9-15(16)24/h7-9,12H,6,10H2,1-5H3,(H,25,29). The summed E-state index contributed by atoms with van der Waals surface area (Å²) in [7, 11) is 1.70. The Bertz CT molecular complexity index is 1210. The van der Waals surface area contributed by atoms with Gasteiger partial charge in [-0.05, 0) is 45.4 Å². The molecule has 0 saturated carbocycles. The van der Waals surface area contributed by atoms with Crippen molar-refractivity contribution in [2.75, 3.05) is 17.7 Å². The number of anilines is 1. The Morgan fingerprint density at radius 3 is 2.68 bits per heavy atom. The Morgan fingerprint density at radius 1 is 1.26 bits per heavy atom. The van der Waals surface area contributed by atoms with Crippen molar-refractivity contribution in [1.82, 2.24) is 14.8 Å². The second-order valence-electron chi connectivity index (χ2n) is 7.28. The fourth-order valence-corrected chi connectivity index (χ4v) is 4.86. The molecule has 2 aromatic heterocycles. The maximum atomic E-state index is 13.9. The van der Waals surface area contributed by atoms with Gasteiger partial charge in [0.05, 0.1) is 17.9 Å². The first-order valence-corrected chi connectivity index (χ1v) is 12.1. The van der Waals surface area contributed by atoms with E-state index >= 15 is 0 Å². The van der Waals surface area contributed by atoms with Gasteiger partial charge in [0.25, 0.3) is 0 Å². The molecule has 1 N–H and O–H groups in total. The third-order valence-electron chi connectivity index (χ3n) is 4.88. The fraction of sp³-hybridized carbons (Fsp3) is 0.364. The van der Waals surface area contributed by atoms with Crippen LogP contribution >= 0.6 is 23.1 Å². The number of esters is 1. The van der Waals surface area contributed by atoms with Gasteiger partial charge < -0.3 is 19.4 Å². The van der Waals surface area contributed by atoms with E-state index in [1.807, 2.05) is 13.8 Å². The number of rotatable bonds is 9. The van der Waals surface area contributed by atoms with E-state index in [1.54, 1.807) is 25.5 Å². The van der Waals surface area contributed by atoms with E-state index in [-0.39, 0.29) is 24.0 Å². The Morgan fingerprint density at radius 2 is 2.00 bits per heavy atom. The molecule has 182 valence electrons. The number of benzene rings is 1. The maximum absolute atomic E-state index is 13.9. The lowest BCUT2D eigenvalue weighted by Crippen LogP contribution is -2.17. The van der Waals surface area contributed by atoms with Crippen molar-refractivity contribution >= 4 is 40.0 Å². The molecule has 2 heterocycles. The van der Waals surface area contributed by atoms with E-state index in [4.69, 9.17) is 9.47 Å². The topological polar surface area (TPSA) is 95.3 Å². The molecule has 0 fully saturated rings. The summed E-state index contributed by atoms with van der Waals surface area (Å²) in [5, 5.41) is 11.8. The molecule has 0 aliphatic heterocycles. The van der Waals surface area contributed by atoms with Crippen LogP contribution in [-0.2, 0) is 16.6 Å². The number of carbonyl (C=O) groups is 2. The summed E-state index contributed by atoms with van der Waals surface area (Å²) >= 11 is 2.46. The third-order valence-corrected chi connectivity index (χ3v) is 7.02. The van der Waals surface area contributed by atoms with Crippen LogP contribution in [0.2, 0.25) is 0 Å². The van der Waals surface area contributed by atoms with Crippen LogP contribution in [0.4, 0.5) is 13.8 Å². The number of aryl methyl sites for hydroxylation is 1. The molecule has 1 amide bonds. The van der Waals surface area contributed by atoms with Gasteiger partial charge in [-0.25, -0.2) is 13.6 Å². The highest BCUT2D eigenvalue weighted by molar-refractivity contribution is 7.99. The Hall–Kier alpha value is -2.99. The van der Waals surface area contributed by atoms with Crippen molar-refractivity contribution in [2.24, 2.45) is 7.05 Å². The van der Waals surface area contributed by atoms with E-state index in [9.17, 15) is 18.4 Å². The molecule has 8 nitrogen and oxygen atoms in total. The predicted octanol–water partition coefficient (Wildman–Crippen LogP) is 4.82. The lowest BCUT2D eigenvalue weighted by Gasteiger charge is -2.14. The zero-order valence-corrected chi connectivity index (χ0v) is 20.9. The van der Waals surface area contributed by atoms with Gasteiger partial charge >= 0.3 is 5.97 Å². The maximum Gasteiger partial charge on any atom is 0.341 e. The first-order chi connectivity index (χ1) is 16.1. The first-order valence-electron chi connectivity index (χ1n) is 10.3. The molecule has 0 spiro atoms. The van der Waals surface area contributed by atoms with Crippen LogP contribution in [0.15, 0.2) is 23.4 Å². The highest BCUT2D eigenvalue weighted by atomic mass is 32.2. The molecule has 12 heteroatoms. The van der Waals surface area contributed by atoms with Gasteiger partial charge in [-0.2, -0.15) is 0 Å². The molecule has 0 bridgehead atoms. The second kappa shape index (κ2) is 11.0. The number of nitrogens with zero attached hydrogens (tertiary/aromatic N) is 3. The van der Waals surface area contributed by atoms with Crippen LogP contribution in [0.3, 0.4) is 0 Å². The molecular formula is C22H24F2N4O4S2. The molecule has 1 aromatic carbocycles. The third kappa shape index (κ3) is 5.73. The van der Waals surface area contributed by atoms with Gasteiger partial charge in [0.1, 0.15) is 10.8 Å². The van der Waals surface area contributed by atoms with Crippen molar-refractivity contribution < 1.29 is 27.8 Å². The van der Waals surface area contributed by atoms with Crippen molar-refractivity contribution in [1.29, 1.82) is 0 Å². The first kappa shape index (κ1) is 25.6. The van der Waals surface area contributed by atoms with E-state index < -0.39 is 23.7 Å². The average Bonchev–Trinajstić information content (AvgIpc) is 3.27. The van der Waals surface area contributed by atoms with Crippen LogP contribution in [0.1, 0.15) is 46.6 Å². The van der Waals surface area contributed by atoms with E-state index in [0.29, 0.717) is 21.5 Å². The van der Waals surface area contributed by atoms with Crippen LogP contribution in [0, 0.1) is 25.5 Å². The largest absolute Gasteiger partial charge is 0.480 e. The highest BCUT2D eigenvalue weighted by Gasteiger charge is 2.23. The second-order valence-corrected chi connectivity index (χ2v) is 9.45. The van der Waals surface area contributed by atoms with E-state index in [1.165, 1.54) is 17.4 Å². The highest BCUT2D eigenvalue weighted by Crippen LogP contribution is 2.33. The van der Waals surface area contributed by atoms with Crippen molar-refractivity contribution in [3.8, 4) is 5.75 Å². The number of amides is 1. The molecule has 0 aliphatic rings. The van der Waals surface area contributed by atoms with Crippen molar-refractivity contribution in [3.63, 3.8) is 0 Å². The summed E-state index contributed by atoms with van der Waals surface area (Å²) in [5.41, 5.74) is 1.14. The molecular weight excluding hydrogens is 486 g/mol. The number of halogens is 2. The van der Waals surface area contributed by atoms with Gasteiger partial charge in [-0.1, -0.05) is 11.8 Å². The van der Waals surface area contributed by atoms with Crippen molar-refractivity contribution in [2.45, 2.75) is 39.0 Å². The van der Waals surface area contributed by atoms with Gasteiger partial charge in [0.15, 0.2) is 28.7 Å². The number of ether oxygens (including phenoxy) is 2.